The maximum atomic E-state index is 13.0. The minimum absolute atomic E-state index is 0.163. The number of benzene rings is 1. The van der Waals surface area contributed by atoms with Gasteiger partial charge in [0.2, 0.25) is 0 Å². The molecule has 1 aromatic carbocycles. The van der Waals surface area contributed by atoms with Crippen LogP contribution in [0.25, 0.3) is 10.9 Å². The summed E-state index contributed by atoms with van der Waals surface area (Å²) >= 11 is 0. The predicted molar refractivity (Wildman–Crippen MR) is 71.8 cm³/mol. The van der Waals surface area contributed by atoms with E-state index < -0.39 is 11.7 Å². The molecule has 0 atom stereocenters. The number of aromatic nitrogens is 1. The number of hydrogen-bond donors (Lipinski definition) is 1. The number of anilines is 1. The van der Waals surface area contributed by atoms with Gasteiger partial charge < -0.3 is 10.2 Å². The van der Waals surface area contributed by atoms with E-state index in [0.717, 1.165) is 37.9 Å². The highest BCUT2D eigenvalue weighted by Gasteiger charge is 2.33. The monoisotopic (exact) mass is 281 g/mol. The van der Waals surface area contributed by atoms with E-state index in [-0.39, 0.29) is 5.39 Å². The van der Waals surface area contributed by atoms with Crippen molar-refractivity contribution < 1.29 is 13.2 Å². The molecule has 1 aliphatic heterocycles. The summed E-state index contributed by atoms with van der Waals surface area (Å²) < 4.78 is 39.1. The third-order valence-corrected chi connectivity index (χ3v) is 3.51. The van der Waals surface area contributed by atoms with E-state index >= 15 is 0 Å². The SMILES string of the molecule is FC(F)(F)c1ccc(N2CCNCC2)c2ncccc12. The zero-order valence-electron chi connectivity index (χ0n) is 10.7. The van der Waals surface area contributed by atoms with Crippen LogP contribution in [0, 0.1) is 0 Å². The van der Waals surface area contributed by atoms with Gasteiger partial charge in [-0.25, -0.2) is 0 Å². The normalized spacial score (nSPS) is 16.6. The van der Waals surface area contributed by atoms with E-state index in [2.05, 4.69) is 15.2 Å². The second-order valence-corrected chi connectivity index (χ2v) is 4.77. The summed E-state index contributed by atoms with van der Waals surface area (Å²) in [5.74, 6) is 0. The molecule has 0 unspecified atom stereocenters. The molecule has 2 aromatic rings. The summed E-state index contributed by atoms with van der Waals surface area (Å²) in [5.41, 5.74) is 0.568. The number of nitrogens with one attached hydrogen (secondary N) is 1. The van der Waals surface area contributed by atoms with Crippen LogP contribution in [0.3, 0.4) is 0 Å². The minimum atomic E-state index is -4.36. The molecule has 20 heavy (non-hydrogen) atoms. The Morgan fingerprint density at radius 2 is 1.85 bits per heavy atom. The molecule has 3 nitrogen and oxygen atoms in total. The topological polar surface area (TPSA) is 28.2 Å². The van der Waals surface area contributed by atoms with Gasteiger partial charge in [0.25, 0.3) is 0 Å². The van der Waals surface area contributed by atoms with Gasteiger partial charge in [-0.1, -0.05) is 6.07 Å². The standard InChI is InChI=1S/C14H14F3N3/c15-14(16,17)11-3-4-12(20-8-6-18-7-9-20)13-10(11)2-1-5-19-13/h1-5,18H,6-9H2. The lowest BCUT2D eigenvalue weighted by atomic mass is 10.1. The molecule has 1 aliphatic rings. The summed E-state index contributed by atoms with van der Waals surface area (Å²) in [5, 5.41) is 3.39. The van der Waals surface area contributed by atoms with Crippen molar-refractivity contribution in [3.63, 3.8) is 0 Å². The van der Waals surface area contributed by atoms with Crippen LogP contribution in [0.15, 0.2) is 30.5 Å². The van der Waals surface area contributed by atoms with Gasteiger partial charge in [0.05, 0.1) is 16.8 Å². The third-order valence-electron chi connectivity index (χ3n) is 3.51. The van der Waals surface area contributed by atoms with E-state index in [4.69, 9.17) is 0 Å². The van der Waals surface area contributed by atoms with E-state index in [1.807, 2.05) is 0 Å². The molecule has 6 heteroatoms. The first-order chi connectivity index (χ1) is 9.57. The molecule has 1 N–H and O–H groups in total. The zero-order valence-corrected chi connectivity index (χ0v) is 10.7. The van der Waals surface area contributed by atoms with E-state index in [1.54, 1.807) is 6.07 Å². The third kappa shape index (κ3) is 2.31. The molecular formula is C14H14F3N3. The quantitative estimate of drug-likeness (QED) is 0.871. The number of pyridine rings is 1. The minimum Gasteiger partial charge on any atom is -0.367 e. The molecule has 1 aromatic heterocycles. The first-order valence-corrected chi connectivity index (χ1v) is 6.48. The lowest BCUT2D eigenvalue weighted by Gasteiger charge is -2.30. The molecule has 2 heterocycles. The van der Waals surface area contributed by atoms with Gasteiger partial charge in [0.1, 0.15) is 0 Å². The van der Waals surface area contributed by atoms with Crippen LogP contribution in [0.4, 0.5) is 18.9 Å². The molecule has 0 spiro atoms. The maximum Gasteiger partial charge on any atom is 0.417 e. The number of alkyl halides is 3. The molecule has 3 rings (SSSR count). The van der Waals surface area contributed by atoms with Gasteiger partial charge >= 0.3 is 6.18 Å². The Balaban J connectivity index is 2.16. The summed E-state index contributed by atoms with van der Waals surface area (Å²) in [4.78, 5) is 6.24. The van der Waals surface area contributed by atoms with Crippen molar-refractivity contribution in [2.24, 2.45) is 0 Å². The number of fused-ring (bicyclic) bond motifs is 1. The van der Waals surface area contributed by atoms with Crippen molar-refractivity contribution in [1.29, 1.82) is 0 Å². The number of rotatable bonds is 1. The molecule has 0 amide bonds. The van der Waals surface area contributed by atoms with Crippen molar-refractivity contribution in [2.75, 3.05) is 31.1 Å². The van der Waals surface area contributed by atoms with Crippen molar-refractivity contribution in [1.82, 2.24) is 10.3 Å². The maximum absolute atomic E-state index is 13.0. The average molecular weight is 281 g/mol. The molecule has 0 bridgehead atoms. The largest absolute Gasteiger partial charge is 0.417 e. The van der Waals surface area contributed by atoms with E-state index in [9.17, 15) is 13.2 Å². The van der Waals surface area contributed by atoms with Crippen LogP contribution in [0.2, 0.25) is 0 Å². The summed E-state index contributed by atoms with van der Waals surface area (Å²) in [6.07, 6.45) is -2.82. The summed E-state index contributed by atoms with van der Waals surface area (Å²) in [6.45, 7) is 3.21. The Bertz CT molecular complexity index is 619. The Kier molecular flexibility index (Phi) is 3.25. The Morgan fingerprint density at radius 3 is 2.55 bits per heavy atom. The van der Waals surface area contributed by atoms with E-state index in [0.29, 0.717) is 5.52 Å². The van der Waals surface area contributed by atoms with Gasteiger partial charge in [-0.3, -0.25) is 4.98 Å². The lowest BCUT2D eigenvalue weighted by molar-refractivity contribution is -0.136. The second kappa shape index (κ2) is 4.94. The molecule has 0 saturated carbocycles. The van der Waals surface area contributed by atoms with Gasteiger partial charge in [0, 0.05) is 37.8 Å². The van der Waals surface area contributed by atoms with Crippen LogP contribution in [-0.2, 0) is 6.18 Å². The van der Waals surface area contributed by atoms with E-state index in [1.165, 1.54) is 18.3 Å². The number of halogens is 3. The van der Waals surface area contributed by atoms with Gasteiger partial charge in [-0.05, 0) is 18.2 Å². The van der Waals surface area contributed by atoms with Crippen LogP contribution >= 0.6 is 0 Å². The molecule has 1 saturated heterocycles. The lowest BCUT2D eigenvalue weighted by Crippen LogP contribution is -2.43. The Labute approximate surface area is 114 Å². The molecule has 1 fully saturated rings. The van der Waals surface area contributed by atoms with Crippen molar-refractivity contribution >= 4 is 16.6 Å². The van der Waals surface area contributed by atoms with Gasteiger partial charge in [-0.15, -0.1) is 0 Å². The Hall–Kier alpha value is -1.82. The first kappa shape index (κ1) is 13.2. The van der Waals surface area contributed by atoms with Crippen LogP contribution < -0.4 is 10.2 Å². The fraction of sp³-hybridized carbons (Fsp3) is 0.357. The summed E-state index contributed by atoms with van der Waals surface area (Å²) in [7, 11) is 0. The van der Waals surface area contributed by atoms with Crippen LogP contribution in [0.1, 0.15) is 5.56 Å². The highest BCUT2D eigenvalue weighted by molar-refractivity contribution is 5.93. The van der Waals surface area contributed by atoms with Crippen molar-refractivity contribution in [2.45, 2.75) is 6.18 Å². The highest BCUT2D eigenvalue weighted by Crippen LogP contribution is 2.37. The molecular weight excluding hydrogens is 267 g/mol. The Morgan fingerprint density at radius 1 is 1.10 bits per heavy atom. The zero-order chi connectivity index (χ0) is 14.2. The fourth-order valence-electron chi connectivity index (χ4n) is 2.57. The average Bonchev–Trinajstić information content (AvgIpc) is 2.46. The van der Waals surface area contributed by atoms with Crippen LogP contribution in [0.5, 0.6) is 0 Å². The predicted octanol–water partition coefficient (Wildman–Crippen LogP) is 2.66. The second-order valence-electron chi connectivity index (χ2n) is 4.77. The summed E-state index contributed by atoms with van der Waals surface area (Å²) in [6, 6.07) is 5.71. The van der Waals surface area contributed by atoms with Crippen molar-refractivity contribution in [3.8, 4) is 0 Å². The molecule has 106 valence electrons. The first-order valence-electron chi connectivity index (χ1n) is 6.48. The smallest absolute Gasteiger partial charge is 0.367 e. The van der Waals surface area contributed by atoms with Crippen molar-refractivity contribution in [3.05, 3.63) is 36.0 Å². The fourth-order valence-corrected chi connectivity index (χ4v) is 2.57. The molecule has 0 aliphatic carbocycles. The highest BCUT2D eigenvalue weighted by atomic mass is 19.4. The number of nitrogens with zero attached hydrogens (tertiary/aromatic N) is 2. The number of hydrogen-bond acceptors (Lipinski definition) is 3. The molecule has 0 radical (unpaired) electrons. The van der Waals surface area contributed by atoms with Gasteiger partial charge in [0.15, 0.2) is 0 Å². The van der Waals surface area contributed by atoms with Gasteiger partial charge in [-0.2, -0.15) is 13.2 Å². The van der Waals surface area contributed by atoms with Crippen LogP contribution in [-0.4, -0.2) is 31.2 Å². The number of piperazine rings is 1.